The fraction of sp³-hybridized carbons (Fsp3) is 0.476. The predicted molar refractivity (Wildman–Crippen MR) is 105 cm³/mol. The first kappa shape index (κ1) is 19.3. The van der Waals surface area contributed by atoms with Crippen molar-refractivity contribution in [2.75, 3.05) is 18.8 Å². The molecule has 6 heteroatoms. The summed E-state index contributed by atoms with van der Waals surface area (Å²) in [4.78, 5) is 22.9. The number of piperidine rings is 1. The first-order chi connectivity index (χ1) is 12.9. The Morgan fingerprint density at radius 2 is 1.89 bits per heavy atom. The molecular formula is C21H28N4O2. The quantitative estimate of drug-likeness (QED) is 0.846. The fourth-order valence-corrected chi connectivity index (χ4v) is 3.56. The van der Waals surface area contributed by atoms with Crippen LogP contribution >= 0.6 is 0 Å². The van der Waals surface area contributed by atoms with Gasteiger partial charge in [0.2, 0.25) is 5.95 Å². The van der Waals surface area contributed by atoms with Gasteiger partial charge in [-0.3, -0.25) is 4.79 Å². The number of hydrogen-bond acceptors (Lipinski definition) is 5. The first-order valence-corrected chi connectivity index (χ1v) is 9.59. The Labute approximate surface area is 160 Å². The molecule has 0 unspecified atom stereocenters. The minimum absolute atomic E-state index is 0.109. The van der Waals surface area contributed by atoms with Crippen LogP contribution in [0, 0.1) is 5.92 Å². The van der Waals surface area contributed by atoms with Crippen LogP contribution in [0.2, 0.25) is 0 Å². The molecule has 2 heterocycles. The van der Waals surface area contributed by atoms with Gasteiger partial charge in [-0.1, -0.05) is 44.2 Å². The molecule has 1 aromatic heterocycles. The van der Waals surface area contributed by atoms with Crippen molar-refractivity contribution < 1.29 is 9.90 Å². The molecule has 0 aliphatic carbocycles. The van der Waals surface area contributed by atoms with E-state index in [0.29, 0.717) is 25.2 Å². The topological polar surface area (TPSA) is 92.3 Å². The van der Waals surface area contributed by atoms with Gasteiger partial charge in [0.25, 0.3) is 5.91 Å². The number of hydrogen-bond donors (Lipinski definition) is 2. The zero-order chi connectivity index (χ0) is 19.4. The van der Waals surface area contributed by atoms with Gasteiger partial charge in [-0.2, -0.15) is 0 Å². The highest BCUT2D eigenvalue weighted by molar-refractivity contribution is 5.92. The van der Waals surface area contributed by atoms with E-state index in [-0.39, 0.29) is 29.8 Å². The number of likely N-dealkylation sites (tertiary alicyclic amines) is 1. The van der Waals surface area contributed by atoms with E-state index >= 15 is 0 Å². The van der Waals surface area contributed by atoms with Crippen LogP contribution in [0.4, 0.5) is 5.95 Å². The Hall–Kier alpha value is -2.47. The van der Waals surface area contributed by atoms with Gasteiger partial charge in [0.1, 0.15) is 5.69 Å². The Morgan fingerprint density at radius 1 is 1.22 bits per heavy atom. The standard InChI is InChI=1S/C21H28N4O2/c1-14(2)17-13-18(24-21(22)23-17)20(27)25-10-8-16(9-11-25)19(26)12-15-6-4-3-5-7-15/h3-7,13-14,16,19,26H,8-12H2,1-2H3,(H2,22,23,24)/t19-/m0/s1. The van der Waals surface area contributed by atoms with Crippen molar-refractivity contribution in [2.45, 2.75) is 45.1 Å². The molecule has 1 fully saturated rings. The smallest absolute Gasteiger partial charge is 0.272 e. The third kappa shape index (κ3) is 4.83. The highest BCUT2D eigenvalue weighted by Gasteiger charge is 2.29. The number of carbonyl (C=O) groups is 1. The Balaban J connectivity index is 1.59. The van der Waals surface area contributed by atoms with E-state index < -0.39 is 0 Å². The zero-order valence-electron chi connectivity index (χ0n) is 16.0. The van der Waals surface area contributed by atoms with E-state index in [1.165, 1.54) is 0 Å². The van der Waals surface area contributed by atoms with Gasteiger partial charge >= 0.3 is 0 Å². The molecule has 27 heavy (non-hydrogen) atoms. The molecule has 1 amide bonds. The third-order valence-electron chi connectivity index (χ3n) is 5.23. The number of nitrogens with two attached hydrogens (primary N) is 1. The molecule has 3 rings (SSSR count). The normalized spacial score (nSPS) is 16.5. The first-order valence-electron chi connectivity index (χ1n) is 9.59. The number of benzene rings is 1. The number of nitrogens with zero attached hydrogens (tertiary/aromatic N) is 3. The largest absolute Gasteiger partial charge is 0.392 e. The third-order valence-corrected chi connectivity index (χ3v) is 5.23. The highest BCUT2D eigenvalue weighted by Crippen LogP contribution is 2.24. The van der Waals surface area contributed by atoms with E-state index in [4.69, 9.17) is 5.73 Å². The van der Waals surface area contributed by atoms with Gasteiger partial charge < -0.3 is 15.7 Å². The number of aromatic nitrogens is 2. The van der Waals surface area contributed by atoms with E-state index in [2.05, 4.69) is 9.97 Å². The lowest BCUT2D eigenvalue weighted by Crippen LogP contribution is -2.42. The van der Waals surface area contributed by atoms with Crippen molar-refractivity contribution in [3.63, 3.8) is 0 Å². The second-order valence-electron chi connectivity index (χ2n) is 7.58. The average Bonchev–Trinajstić information content (AvgIpc) is 2.67. The predicted octanol–water partition coefficient (Wildman–Crippen LogP) is 2.64. The van der Waals surface area contributed by atoms with Crippen molar-refractivity contribution >= 4 is 11.9 Å². The van der Waals surface area contributed by atoms with Crippen molar-refractivity contribution in [2.24, 2.45) is 5.92 Å². The molecule has 0 saturated carbocycles. The van der Waals surface area contributed by atoms with E-state index in [9.17, 15) is 9.90 Å². The molecule has 1 aliphatic heterocycles. The van der Waals surface area contributed by atoms with Crippen LogP contribution < -0.4 is 5.73 Å². The summed E-state index contributed by atoms with van der Waals surface area (Å²) < 4.78 is 0. The summed E-state index contributed by atoms with van der Waals surface area (Å²) in [5.41, 5.74) is 8.05. The number of nitrogen functional groups attached to an aromatic ring is 1. The maximum atomic E-state index is 12.8. The molecule has 0 spiro atoms. The van der Waals surface area contributed by atoms with Crippen molar-refractivity contribution in [1.29, 1.82) is 0 Å². The lowest BCUT2D eigenvalue weighted by molar-refractivity contribution is 0.0463. The lowest BCUT2D eigenvalue weighted by Gasteiger charge is -2.34. The molecular weight excluding hydrogens is 340 g/mol. The minimum atomic E-state index is -0.383. The number of carbonyl (C=O) groups excluding carboxylic acids is 1. The summed E-state index contributed by atoms with van der Waals surface area (Å²) in [5.74, 6) is 0.413. The molecule has 2 aromatic rings. The summed E-state index contributed by atoms with van der Waals surface area (Å²) in [5, 5.41) is 10.6. The van der Waals surface area contributed by atoms with Crippen molar-refractivity contribution in [3.05, 3.63) is 53.3 Å². The SMILES string of the molecule is CC(C)c1cc(C(=O)N2CCC([C@@H](O)Cc3ccccc3)CC2)nc(N)n1. The van der Waals surface area contributed by atoms with E-state index in [1.54, 1.807) is 11.0 Å². The van der Waals surface area contributed by atoms with Crippen LogP contribution in [0.5, 0.6) is 0 Å². The van der Waals surface area contributed by atoms with Crippen LogP contribution in [-0.4, -0.2) is 45.1 Å². The van der Waals surface area contributed by atoms with Gasteiger partial charge in [0, 0.05) is 18.8 Å². The number of aliphatic hydroxyl groups is 1. The van der Waals surface area contributed by atoms with Crippen LogP contribution in [0.1, 0.15) is 54.4 Å². The molecule has 1 aromatic carbocycles. The summed E-state index contributed by atoms with van der Waals surface area (Å²) in [7, 11) is 0. The van der Waals surface area contributed by atoms with Crippen LogP contribution in [-0.2, 0) is 6.42 Å². The summed E-state index contributed by atoms with van der Waals surface area (Å²) in [6.07, 6.45) is 1.85. The number of rotatable bonds is 5. The molecule has 6 nitrogen and oxygen atoms in total. The van der Waals surface area contributed by atoms with E-state index in [1.807, 2.05) is 44.2 Å². The van der Waals surface area contributed by atoms with Crippen LogP contribution in [0.3, 0.4) is 0 Å². The second-order valence-corrected chi connectivity index (χ2v) is 7.58. The molecule has 1 aliphatic rings. The highest BCUT2D eigenvalue weighted by atomic mass is 16.3. The molecule has 3 N–H and O–H groups in total. The van der Waals surface area contributed by atoms with Crippen LogP contribution in [0.25, 0.3) is 0 Å². The van der Waals surface area contributed by atoms with Gasteiger partial charge in [-0.05, 0) is 42.7 Å². The van der Waals surface area contributed by atoms with Gasteiger partial charge in [-0.15, -0.1) is 0 Å². The minimum Gasteiger partial charge on any atom is -0.392 e. The maximum absolute atomic E-state index is 12.8. The lowest BCUT2D eigenvalue weighted by atomic mass is 9.88. The Bertz CT molecular complexity index is 771. The second kappa shape index (κ2) is 8.48. The van der Waals surface area contributed by atoms with E-state index in [0.717, 1.165) is 24.1 Å². The van der Waals surface area contributed by atoms with Gasteiger partial charge in [0.05, 0.1) is 6.10 Å². The average molecular weight is 368 g/mol. The fourth-order valence-electron chi connectivity index (χ4n) is 3.56. The summed E-state index contributed by atoms with van der Waals surface area (Å²) in [6, 6.07) is 11.8. The van der Waals surface area contributed by atoms with Gasteiger partial charge in [0.15, 0.2) is 0 Å². The van der Waals surface area contributed by atoms with Crippen LogP contribution in [0.15, 0.2) is 36.4 Å². The summed E-state index contributed by atoms with van der Waals surface area (Å²) in [6.45, 7) is 5.26. The molecule has 144 valence electrons. The number of aliphatic hydroxyl groups excluding tert-OH is 1. The Kier molecular flexibility index (Phi) is 6.06. The monoisotopic (exact) mass is 368 g/mol. The zero-order valence-corrected chi connectivity index (χ0v) is 16.0. The summed E-state index contributed by atoms with van der Waals surface area (Å²) >= 11 is 0. The van der Waals surface area contributed by atoms with Crippen molar-refractivity contribution in [1.82, 2.24) is 14.9 Å². The number of anilines is 1. The molecule has 1 saturated heterocycles. The molecule has 1 atom stereocenters. The Morgan fingerprint density at radius 3 is 2.52 bits per heavy atom. The molecule has 0 bridgehead atoms. The maximum Gasteiger partial charge on any atom is 0.272 e. The van der Waals surface area contributed by atoms with Crippen molar-refractivity contribution in [3.8, 4) is 0 Å². The molecule has 0 radical (unpaired) electrons. The number of amides is 1. The van der Waals surface area contributed by atoms with Gasteiger partial charge in [-0.25, -0.2) is 9.97 Å².